The van der Waals surface area contributed by atoms with E-state index >= 15 is 0 Å². The van der Waals surface area contributed by atoms with Crippen molar-refractivity contribution in [1.29, 1.82) is 0 Å². The lowest BCUT2D eigenvalue weighted by Gasteiger charge is -2.29. The molecule has 0 bridgehead atoms. The molecule has 0 aliphatic carbocycles. The molecule has 0 radical (unpaired) electrons. The topological polar surface area (TPSA) is 18.5 Å². The van der Waals surface area contributed by atoms with Crippen molar-refractivity contribution in [3.05, 3.63) is 0 Å². The summed E-state index contributed by atoms with van der Waals surface area (Å²) >= 11 is 0. The molecule has 1 atom stereocenters. The van der Waals surface area contributed by atoms with Crippen LogP contribution in [-0.4, -0.2) is 61.7 Å². The van der Waals surface area contributed by atoms with Crippen LogP contribution < -0.4 is 5.32 Å². The van der Waals surface area contributed by atoms with Crippen LogP contribution in [0.1, 0.15) is 26.7 Å². The monoisotopic (exact) mass is 225 g/mol. The Labute approximate surface area is 100 Å². The van der Waals surface area contributed by atoms with Gasteiger partial charge in [0.15, 0.2) is 0 Å². The van der Waals surface area contributed by atoms with Gasteiger partial charge in [0, 0.05) is 12.6 Å². The zero-order chi connectivity index (χ0) is 11.4. The van der Waals surface area contributed by atoms with Crippen molar-refractivity contribution in [1.82, 2.24) is 15.1 Å². The van der Waals surface area contributed by atoms with Gasteiger partial charge in [0.1, 0.15) is 0 Å². The molecule has 0 spiro atoms. The summed E-state index contributed by atoms with van der Waals surface area (Å²) < 4.78 is 0. The van der Waals surface area contributed by atoms with Crippen molar-refractivity contribution in [3.63, 3.8) is 0 Å². The van der Waals surface area contributed by atoms with Crippen LogP contribution in [0, 0.1) is 5.92 Å². The Balaban J connectivity index is 1.66. The summed E-state index contributed by atoms with van der Waals surface area (Å²) in [4.78, 5) is 5.28. The molecule has 94 valence electrons. The third-order valence-corrected chi connectivity index (χ3v) is 4.30. The van der Waals surface area contributed by atoms with E-state index in [1.165, 1.54) is 58.7 Å². The van der Waals surface area contributed by atoms with Gasteiger partial charge in [-0.15, -0.1) is 0 Å². The third kappa shape index (κ3) is 2.96. The van der Waals surface area contributed by atoms with Gasteiger partial charge in [-0.25, -0.2) is 0 Å². The Kier molecular flexibility index (Phi) is 4.62. The van der Waals surface area contributed by atoms with Crippen LogP contribution >= 0.6 is 0 Å². The third-order valence-electron chi connectivity index (χ3n) is 4.30. The Hall–Kier alpha value is -0.120. The number of nitrogens with zero attached hydrogens (tertiary/aromatic N) is 2. The van der Waals surface area contributed by atoms with E-state index in [1.807, 2.05) is 0 Å². The van der Waals surface area contributed by atoms with E-state index < -0.39 is 0 Å². The van der Waals surface area contributed by atoms with E-state index in [9.17, 15) is 0 Å². The van der Waals surface area contributed by atoms with Gasteiger partial charge < -0.3 is 10.2 Å². The van der Waals surface area contributed by atoms with E-state index in [1.54, 1.807) is 0 Å². The fourth-order valence-corrected chi connectivity index (χ4v) is 2.97. The van der Waals surface area contributed by atoms with Crippen LogP contribution in [0.5, 0.6) is 0 Å². The molecule has 3 heteroatoms. The van der Waals surface area contributed by atoms with Crippen molar-refractivity contribution in [3.8, 4) is 0 Å². The number of hydrogen-bond acceptors (Lipinski definition) is 3. The molecule has 0 amide bonds. The standard InChI is InChI=1S/C13H27N3/c1-3-16(4-2)13-6-8-15(11-13)7-5-12-9-14-10-12/h12-14H,3-11H2,1-2H3. The molecule has 0 aromatic carbocycles. The molecule has 2 fully saturated rings. The molecule has 0 saturated carbocycles. The smallest absolute Gasteiger partial charge is 0.0235 e. The summed E-state index contributed by atoms with van der Waals surface area (Å²) in [6.45, 7) is 13.5. The fourth-order valence-electron chi connectivity index (χ4n) is 2.97. The first kappa shape index (κ1) is 12.3. The highest BCUT2D eigenvalue weighted by Gasteiger charge is 2.26. The summed E-state index contributed by atoms with van der Waals surface area (Å²) in [5.74, 6) is 0.965. The van der Waals surface area contributed by atoms with Gasteiger partial charge in [0.05, 0.1) is 0 Å². The number of hydrogen-bond donors (Lipinski definition) is 1. The Morgan fingerprint density at radius 2 is 2.00 bits per heavy atom. The predicted octanol–water partition coefficient (Wildman–Crippen LogP) is 1.01. The van der Waals surface area contributed by atoms with E-state index in [0.717, 1.165) is 12.0 Å². The van der Waals surface area contributed by atoms with Gasteiger partial charge in [-0.05, 0) is 58.0 Å². The van der Waals surface area contributed by atoms with E-state index in [4.69, 9.17) is 0 Å². The van der Waals surface area contributed by atoms with Gasteiger partial charge in [0.25, 0.3) is 0 Å². The maximum atomic E-state index is 3.36. The summed E-state index contributed by atoms with van der Waals surface area (Å²) in [5, 5.41) is 3.36. The van der Waals surface area contributed by atoms with Gasteiger partial charge in [0.2, 0.25) is 0 Å². The summed E-state index contributed by atoms with van der Waals surface area (Å²) in [6, 6.07) is 0.828. The highest BCUT2D eigenvalue weighted by Crippen LogP contribution is 2.17. The van der Waals surface area contributed by atoms with Crippen LogP contribution in [0.15, 0.2) is 0 Å². The van der Waals surface area contributed by atoms with Gasteiger partial charge in [-0.2, -0.15) is 0 Å². The van der Waals surface area contributed by atoms with E-state index in [2.05, 4.69) is 29.0 Å². The minimum absolute atomic E-state index is 0.828. The highest BCUT2D eigenvalue weighted by molar-refractivity contribution is 4.84. The summed E-state index contributed by atoms with van der Waals surface area (Å²) in [5.41, 5.74) is 0. The fraction of sp³-hybridized carbons (Fsp3) is 1.00. The molecule has 1 N–H and O–H groups in total. The molecular weight excluding hydrogens is 198 g/mol. The molecule has 0 aromatic heterocycles. The molecule has 2 aliphatic rings. The van der Waals surface area contributed by atoms with E-state index in [0.29, 0.717) is 0 Å². The first-order valence-electron chi connectivity index (χ1n) is 7.00. The molecule has 2 aliphatic heterocycles. The zero-order valence-electron chi connectivity index (χ0n) is 10.9. The number of likely N-dealkylation sites (N-methyl/N-ethyl adjacent to an activating group) is 1. The minimum Gasteiger partial charge on any atom is -0.316 e. The Bertz CT molecular complexity index is 199. The van der Waals surface area contributed by atoms with E-state index in [-0.39, 0.29) is 0 Å². The normalized spacial score (nSPS) is 27.6. The molecule has 2 saturated heterocycles. The van der Waals surface area contributed by atoms with Crippen molar-refractivity contribution in [2.75, 3.05) is 45.8 Å². The van der Waals surface area contributed by atoms with Crippen LogP contribution in [0.3, 0.4) is 0 Å². The van der Waals surface area contributed by atoms with Crippen LogP contribution in [0.25, 0.3) is 0 Å². The van der Waals surface area contributed by atoms with Crippen LogP contribution in [0.4, 0.5) is 0 Å². The van der Waals surface area contributed by atoms with Gasteiger partial charge >= 0.3 is 0 Å². The average Bonchev–Trinajstić information content (AvgIpc) is 2.66. The minimum atomic E-state index is 0.828. The molecule has 3 nitrogen and oxygen atoms in total. The summed E-state index contributed by atoms with van der Waals surface area (Å²) in [7, 11) is 0. The van der Waals surface area contributed by atoms with Crippen molar-refractivity contribution >= 4 is 0 Å². The van der Waals surface area contributed by atoms with Crippen LogP contribution in [-0.2, 0) is 0 Å². The lowest BCUT2D eigenvalue weighted by Crippen LogP contribution is -2.43. The highest BCUT2D eigenvalue weighted by atomic mass is 15.2. The maximum Gasteiger partial charge on any atom is 0.0235 e. The average molecular weight is 225 g/mol. The lowest BCUT2D eigenvalue weighted by molar-refractivity contribution is 0.202. The van der Waals surface area contributed by atoms with Crippen molar-refractivity contribution in [2.45, 2.75) is 32.7 Å². The zero-order valence-corrected chi connectivity index (χ0v) is 10.9. The maximum absolute atomic E-state index is 3.36. The number of likely N-dealkylation sites (tertiary alicyclic amines) is 1. The van der Waals surface area contributed by atoms with Gasteiger partial charge in [-0.3, -0.25) is 4.90 Å². The Morgan fingerprint density at radius 1 is 1.25 bits per heavy atom. The quantitative estimate of drug-likeness (QED) is 0.728. The molecular formula is C13H27N3. The van der Waals surface area contributed by atoms with Crippen molar-refractivity contribution in [2.24, 2.45) is 5.92 Å². The number of rotatable bonds is 6. The van der Waals surface area contributed by atoms with Crippen LogP contribution in [0.2, 0.25) is 0 Å². The SMILES string of the molecule is CCN(CC)C1CCN(CCC2CNC2)C1. The lowest BCUT2D eigenvalue weighted by atomic mass is 9.99. The summed E-state index contributed by atoms with van der Waals surface area (Å²) in [6.07, 6.45) is 2.78. The second-order valence-electron chi connectivity index (χ2n) is 5.28. The number of nitrogens with one attached hydrogen (secondary N) is 1. The van der Waals surface area contributed by atoms with Gasteiger partial charge in [-0.1, -0.05) is 13.8 Å². The largest absolute Gasteiger partial charge is 0.316 e. The first-order valence-corrected chi connectivity index (χ1v) is 7.00. The molecule has 2 heterocycles. The molecule has 1 unspecified atom stereocenters. The second-order valence-corrected chi connectivity index (χ2v) is 5.28. The van der Waals surface area contributed by atoms with Crippen molar-refractivity contribution < 1.29 is 0 Å². The Morgan fingerprint density at radius 3 is 2.56 bits per heavy atom. The predicted molar refractivity (Wildman–Crippen MR) is 68.7 cm³/mol. The molecule has 0 aromatic rings. The molecule has 16 heavy (non-hydrogen) atoms. The molecule has 2 rings (SSSR count). The second kappa shape index (κ2) is 5.99. The first-order chi connectivity index (χ1) is 7.83.